The first-order chi connectivity index (χ1) is 19.0. The second-order valence-corrected chi connectivity index (χ2v) is 9.73. The number of rotatable bonds is 7. The monoisotopic (exact) mass is 551 g/mol. The van der Waals surface area contributed by atoms with E-state index in [1.807, 2.05) is 37.3 Å². The van der Waals surface area contributed by atoms with Gasteiger partial charge in [-0.3, -0.25) is 4.79 Å². The van der Waals surface area contributed by atoms with Gasteiger partial charge in [-0.2, -0.15) is 23.7 Å². The molecule has 4 rings (SSSR count). The van der Waals surface area contributed by atoms with E-state index in [9.17, 15) is 23.2 Å². The Kier molecular flexibility index (Phi) is 9.81. The lowest BCUT2D eigenvalue weighted by Crippen LogP contribution is -2.49. The lowest BCUT2D eigenvalue weighted by Gasteiger charge is -2.38. The highest BCUT2D eigenvalue weighted by molar-refractivity contribution is 5.84. The van der Waals surface area contributed by atoms with E-state index in [-0.39, 0.29) is 18.1 Å². The van der Waals surface area contributed by atoms with Crippen molar-refractivity contribution in [1.82, 2.24) is 15.3 Å². The number of piperidine rings is 1. The number of nitriles is 2. The Labute approximate surface area is 229 Å². The normalized spacial score (nSPS) is 18.5. The maximum atomic E-state index is 13.4. The van der Waals surface area contributed by atoms with E-state index in [1.54, 1.807) is 18.3 Å². The van der Waals surface area contributed by atoms with Crippen LogP contribution in [0, 0.1) is 40.9 Å². The first kappa shape index (κ1) is 30.1. The van der Waals surface area contributed by atoms with Crippen molar-refractivity contribution in [3.63, 3.8) is 0 Å². The molecule has 8 nitrogen and oxygen atoms in total. The van der Waals surface area contributed by atoms with Crippen LogP contribution < -0.4 is 5.32 Å². The van der Waals surface area contributed by atoms with E-state index in [0.29, 0.717) is 31.4 Å². The Balaban J connectivity index is 0.000000559. The molecule has 0 saturated carbocycles. The molecule has 0 bridgehead atoms. The SMILES string of the molecule is Cc1cccc(CC2(C#N)CCNCC2C(=O)Cc2cnc(Cc3ccc(C#N)cc3)[nH]2)c1.O=C(O)C(F)(F)F. The average molecular weight is 552 g/mol. The second kappa shape index (κ2) is 13.0. The van der Waals surface area contributed by atoms with Gasteiger partial charge >= 0.3 is 12.1 Å². The van der Waals surface area contributed by atoms with E-state index in [1.165, 1.54) is 0 Å². The summed E-state index contributed by atoms with van der Waals surface area (Å²) in [5.41, 5.74) is 3.97. The molecule has 0 amide bonds. The maximum Gasteiger partial charge on any atom is 0.490 e. The zero-order chi connectivity index (χ0) is 29.3. The number of benzene rings is 2. The van der Waals surface area contributed by atoms with Crippen molar-refractivity contribution < 1.29 is 27.9 Å². The number of aliphatic carboxylic acids is 1. The van der Waals surface area contributed by atoms with E-state index in [4.69, 9.17) is 15.2 Å². The number of Topliss-reactive ketones (excluding diaryl/α,β-unsaturated/α-hetero) is 1. The molecular weight excluding hydrogens is 523 g/mol. The van der Waals surface area contributed by atoms with Crippen LogP contribution in [-0.4, -0.2) is 46.1 Å². The number of carbonyl (C=O) groups excluding carboxylic acids is 1. The zero-order valence-corrected chi connectivity index (χ0v) is 21.8. The molecule has 3 N–H and O–H groups in total. The third-order valence-corrected chi connectivity index (χ3v) is 6.72. The quantitative estimate of drug-likeness (QED) is 0.398. The van der Waals surface area contributed by atoms with Gasteiger partial charge in [-0.1, -0.05) is 42.0 Å². The van der Waals surface area contributed by atoms with Crippen LogP contribution in [0.3, 0.4) is 0 Å². The molecule has 2 aromatic carbocycles. The highest BCUT2D eigenvalue weighted by Gasteiger charge is 2.45. The van der Waals surface area contributed by atoms with Crippen molar-refractivity contribution in [3.05, 3.63) is 88.5 Å². The van der Waals surface area contributed by atoms with Crippen LogP contribution in [0.2, 0.25) is 0 Å². The molecule has 2 unspecified atom stereocenters. The summed E-state index contributed by atoms with van der Waals surface area (Å²) in [6.45, 7) is 3.30. The minimum absolute atomic E-state index is 0.0602. The summed E-state index contributed by atoms with van der Waals surface area (Å²) >= 11 is 0. The van der Waals surface area contributed by atoms with E-state index in [2.05, 4.69) is 33.5 Å². The van der Waals surface area contributed by atoms with Crippen molar-refractivity contribution in [2.75, 3.05) is 13.1 Å². The largest absolute Gasteiger partial charge is 0.490 e. The summed E-state index contributed by atoms with van der Waals surface area (Å²) in [5.74, 6) is -2.30. The number of carbonyl (C=O) groups is 2. The van der Waals surface area contributed by atoms with Crippen LogP contribution in [0.1, 0.15) is 40.2 Å². The topological polar surface area (TPSA) is 143 Å². The number of carboxylic acid groups (broad SMARTS) is 1. The molecule has 0 spiro atoms. The summed E-state index contributed by atoms with van der Waals surface area (Å²) in [5, 5.41) is 29.6. The molecule has 40 heavy (non-hydrogen) atoms. The molecule has 1 aliphatic heterocycles. The first-order valence-corrected chi connectivity index (χ1v) is 12.5. The van der Waals surface area contributed by atoms with E-state index >= 15 is 0 Å². The van der Waals surface area contributed by atoms with Crippen molar-refractivity contribution in [2.24, 2.45) is 11.3 Å². The minimum atomic E-state index is -5.08. The Hall–Kier alpha value is -4.48. The summed E-state index contributed by atoms with van der Waals surface area (Å²) in [6, 6.07) is 20.2. The van der Waals surface area contributed by atoms with Crippen LogP contribution in [-0.2, 0) is 28.9 Å². The number of halogens is 3. The number of hydrogen-bond donors (Lipinski definition) is 3. The molecule has 2 heterocycles. The van der Waals surface area contributed by atoms with Crippen LogP contribution in [0.15, 0.2) is 54.7 Å². The summed E-state index contributed by atoms with van der Waals surface area (Å²) < 4.78 is 31.7. The Bertz CT molecular complexity index is 1420. The number of carboxylic acids is 1. The molecule has 0 radical (unpaired) electrons. The molecule has 1 aromatic heterocycles. The number of aromatic amines is 1. The molecule has 3 aromatic rings. The lowest BCUT2D eigenvalue weighted by atomic mass is 9.66. The van der Waals surface area contributed by atoms with E-state index in [0.717, 1.165) is 34.8 Å². The van der Waals surface area contributed by atoms with Gasteiger partial charge in [-0.25, -0.2) is 9.78 Å². The van der Waals surface area contributed by atoms with E-state index < -0.39 is 17.6 Å². The molecule has 208 valence electrons. The fourth-order valence-electron chi connectivity index (χ4n) is 4.71. The number of nitrogens with one attached hydrogen (secondary N) is 2. The van der Waals surface area contributed by atoms with Gasteiger partial charge in [0.2, 0.25) is 0 Å². The highest BCUT2D eigenvalue weighted by atomic mass is 19.4. The third kappa shape index (κ3) is 8.01. The Morgan fingerprint density at radius 3 is 2.45 bits per heavy atom. The molecule has 1 fully saturated rings. The number of aromatic nitrogens is 2. The predicted octanol–water partition coefficient (Wildman–Crippen LogP) is 4.29. The summed E-state index contributed by atoms with van der Waals surface area (Å²) in [7, 11) is 0. The number of ketones is 1. The van der Waals surface area contributed by atoms with Crippen molar-refractivity contribution in [2.45, 2.75) is 38.8 Å². The Morgan fingerprint density at radius 1 is 1.15 bits per heavy atom. The molecule has 1 aliphatic rings. The van der Waals surface area contributed by atoms with Crippen LogP contribution in [0.25, 0.3) is 0 Å². The van der Waals surface area contributed by atoms with Gasteiger partial charge < -0.3 is 15.4 Å². The lowest BCUT2D eigenvalue weighted by molar-refractivity contribution is -0.192. The molecule has 1 saturated heterocycles. The van der Waals surface area contributed by atoms with Gasteiger partial charge in [-0.05, 0) is 49.6 Å². The molecule has 11 heteroatoms. The first-order valence-electron chi connectivity index (χ1n) is 12.5. The number of alkyl halides is 3. The maximum absolute atomic E-state index is 13.4. The standard InChI is InChI=1S/C27H27N5O.C2HF3O2/c1-19-3-2-4-22(11-19)14-27(18-29)9-10-30-17-24(27)25(33)13-23-16-31-26(32-23)12-20-5-7-21(15-28)8-6-20;3-2(4,5)1(6)7/h2-8,11,16,24,30H,9-10,12-14,17H2,1H3,(H,31,32);(H,6,7). The molecule has 0 aliphatic carbocycles. The van der Waals surface area contributed by atoms with Gasteiger partial charge in [0.15, 0.2) is 0 Å². The number of aryl methyl sites for hydroxylation is 1. The number of H-pyrrole nitrogens is 1. The highest BCUT2D eigenvalue weighted by Crippen LogP contribution is 2.38. The predicted molar refractivity (Wildman–Crippen MR) is 139 cm³/mol. The van der Waals surface area contributed by atoms with Crippen molar-refractivity contribution >= 4 is 11.8 Å². The van der Waals surface area contributed by atoms with Crippen LogP contribution in [0.5, 0.6) is 0 Å². The van der Waals surface area contributed by atoms with Gasteiger partial charge in [0.1, 0.15) is 11.6 Å². The molecule has 2 atom stereocenters. The number of imidazole rings is 1. The van der Waals surface area contributed by atoms with Gasteiger partial charge in [0.05, 0.1) is 23.1 Å². The zero-order valence-electron chi connectivity index (χ0n) is 21.8. The van der Waals surface area contributed by atoms with Crippen molar-refractivity contribution in [1.29, 1.82) is 10.5 Å². The minimum Gasteiger partial charge on any atom is -0.475 e. The van der Waals surface area contributed by atoms with Gasteiger partial charge in [0, 0.05) is 37.2 Å². The summed E-state index contributed by atoms with van der Waals surface area (Å²) in [4.78, 5) is 30.0. The fraction of sp³-hybridized carbons (Fsp3) is 0.345. The van der Waals surface area contributed by atoms with Crippen LogP contribution in [0.4, 0.5) is 13.2 Å². The van der Waals surface area contributed by atoms with Crippen molar-refractivity contribution in [3.8, 4) is 12.1 Å². The van der Waals surface area contributed by atoms with Crippen LogP contribution >= 0.6 is 0 Å². The Morgan fingerprint density at radius 2 is 1.85 bits per heavy atom. The second-order valence-electron chi connectivity index (χ2n) is 9.73. The van der Waals surface area contributed by atoms with Gasteiger partial charge in [0.25, 0.3) is 0 Å². The van der Waals surface area contributed by atoms with Gasteiger partial charge in [-0.15, -0.1) is 0 Å². The molecular formula is C29H28F3N5O3. The number of nitrogens with zero attached hydrogens (tertiary/aromatic N) is 3. The summed E-state index contributed by atoms with van der Waals surface area (Å²) in [6.07, 6.45) is -1.32. The number of hydrogen-bond acceptors (Lipinski definition) is 6. The smallest absolute Gasteiger partial charge is 0.475 e. The third-order valence-electron chi connectivity index (χ3n) is 6.72. The fourth-order valence-corrected chi connectivity index (χ4v) is 4.71. The average Bonchev–Trinajstić information content (AvgIpc) is 3.35.